The summed E-state index contributed by atoms with van der Waals surface area (Å²) in [6.45, 7) is 9.19. The molecule has 0 aliphatic carbocycles. The Morgan fingerprint density at radius 1 is 0.719 bits per heavy atom. The van der Waals surface area contributed by atoms with Gasteiger partial charge in [-0.1, -0.05) is 20.8 Å². The van der Waals surface area contributed by atoms with E-state index in [1.54, 1.807) is 0 Å². The number of carbonyl (C=O) groups excluding carboxylic acids is 4. The van der Waals surface area contributed by atoms with E-state index in [1.165, 1.54) is 0 Å². The molecule has 1 fully saturated rings. The van der Waals surface area contributed by atoms with E-state index in [0.29, 0.717) is 64.2 Å². The van der Waals surface area contributed by atoms with Crippen LogP contribution in [0, 0.1) is 5.41 Å². The number of ether oxygens (including phenoxy) is 4. The van der Waals surface area contributed by atoms with Crippen LogP contribution in [0.15, 0.2) is 0 Å². The number of imide groups is 1. The number of amides is 2. The average Bonchev–Trinajstić information content (AvgIpc) is 3.04. The first-order chi connectivity index (χ1) is 15.2. The van der Waals surface area contributed by atoms with Gasteiger partial charge in [-0.2, -0.15) is 0 Å². The standard InChI is InChI=1S/C22H37NO9/c1-22(2,3)9-6-18(24)7-10-28-12-14-30-16-17-31-15-13-29-11-8-21(27)32-23-19(25)4-5-20(23)26/h4-17H2,1-3H3. The summed E-state index contributed by atoms with van der Waals surface area (Å²) < 4.78 is 21.4. The fourth-order valence-corrected chi connectivity index (χ4v) is 2.55. The van der Waals surface area contributed by atoms with Gasteiger partial charge in [0.2, 0.25) is 0 Å². The van der Waals surface area contributed by atoms with Crippen LogP contribution in [-0.2, 0) is 43.0 Å². The Kier molecular flexibility index (Phi) is 13.9. The Morgan fingerprint density at radius 3 is 1.62 bits per heavy atom. The molecule has 0 aromatic heterocycles. The van der Waals surface area contributed by atoms with Crippen LogP contribution in [0.25, 0.3) is 0 Å². The van der Waals surface area contributed by atoms with Crippen LogP contribution in [0.1, 0.15) is 59.3 Å². The van der Waals surface area contributed by atoms with Crippen molar-refractivity contribution in [2.75, 3.05) is 52.9 Å². The Morgan fingerprint density at radius 2 is 1.16 bits per heavy atom. The third-order valence-corrected chi connectivity index (χ3v) is 4.44. The molecule has 184 valence electrons. The molecule has 0 unspecified atom stereocenters. The summed E-state index contributed by atoms with van der Waals surface area (Å²) in [7, 11) is 0. The van der Waals surface area contributed by atoms with Crippen LogP contribution >= 0.6 is 0 Å². The summed E-state index contributed by atoms with van der Waals surface area (Å²) in [6, 6.07) is 0. The summed E-state index contributed by atoms with van der Waals surface area (Å²) in [5, 5.41) is 0.518. The molecular formula is C22H37NO9. The van der Waals surface area contributed by atoms with Crippen LogP contribution < -0.4 is 0 Å². The van der Waals surface area contributed by atoms with E-state index in [9.17, 15) is 19.2 Å². The molecule has 0 N–H and O–H groups in total. The molecule has 0 spiro atoms. The van der Waals surface area contributed by atoms with Crippen molar-refractivity contribution in [2.45, 2.75) is 59.3 Å². The van der Waals surface area contributed by atoms with Crippen molar-refractivity contribution in [1.82, 2.24) is 5.06 Å². The summed E-state index contributed by atoms with van der Waals surface area (Å²) in [5.74, 6) is -1.48. The third-order valence-electron chi connectivity index (χ3n) is 4.44. The van der Waals surface area contributed by atoms with Gasteiger partial charge in [-0.25, -0.2) is 4.79 Å². The van der Waals surface area contributed by atoms with Gasteiger partial charge in [0.05, 0.1) is 59.3 Å². The number of carbonyl (C=O) groups is 4. The molecule has 10 nitrogen and oxygen atoms in total. The summed E-state index contributed by atoms with van der Waals surface area (Å²) in [6.07, 6.45) is 1.98. The largest absolute Gasteiger partial charge is 0.379 e. The highest BCUT2D eigenvalue weighted by Gasteiger charge is 2.32. The van der Waals surface area contributed by atoms with Gasteiger partial charge in [-0.05, 0) is 11.8 Å². The zero-order valence-electron chi connectivity index (χ0n) is 19.5. The molecular weight excluding hydrogens is 422 g/mol. The molecule has 10 heteroatoms. The number of hydrogen-bond donors (Lipinski definition) is 0. The lowest BCUT2D eigenvalue weighted by molar-refractivity contribution is -0.198. The van der Waals surface area contributed by atoms with Gasteiger partial charge < -0.3 is 23.8 Å². The van der Waals surface area contributed by atoms with E-state index in [4.69, 9.17) is 23.8 Å². The molecule has 0 aromatic rings. The van der Waals surface area contributed by atoms with Crippen molar-refractivity contribution in [3.63, 3.8) is 0 Å². The minimum Gasteiger partial charge on any atom is -0.379 e. The number of hydrogen-bond acceptors (Lipinski definition) is 9. The van der Waals surface area contributed by atoms with Gasteiger partial charge in [-0.3, -0.25) is 14.4 Å². The highest BCUT2D eigenvalue weighted by atomic mass is 16.7. The maximum absolute atomic E-state index is 11.7. The van der Waals surface area contributed by atoms with Crippen molar-refractivity contribution >= 4 is 23.6 Å². The van der Waals surface area contributed by atoms with E-state index in [2.05, 4.69) is 20.8 Å². The van der Waals surface area contributed by atoms with Crippen LogP contribution in [0.4, 0.5) is 0 Å². The first-order valence-electron chi connectivity index (χ1n) is 11.1. The lowest BCUT2D eigenvalue weighted by Crippen LogP contribution is -2.32. The highest BCUT2D eigenvalue weighted by Crippen LogP contribution is 2.20. The van der Waals surface area contributed by atoms with E-state index in [1.807, 2.05) is 0 Å². The normalized spacial score (nSPS) is 14.3. The van der Waals surface area contributed by atoms with Crippen LogP contribution in [0.5, 0.6) is 0 Å². The van der Waals surface area contributed by atoms with Gasteiger partial charge in [-0.15, -0.1) is 5.06 Å². The fourth-order valence-electron chi connectivity index (χ4n) is 2.55. The SMILES string of the molecule is CC(C)(C)CCC(=O)CCOCCOCCOCCOCCC(=O)ON1C(=O)CCC1=O. The van der Waals surface area contributed by atoms with Gasteiger partial charge in [0.15, 0.2) is 0 Å². The third kappa shape index (κ3) is 14.2. The molecule has 1 saturated heterocycles. The van der Waals surface area contributed by atoms with Crippen molar-refractivity contribution in [3.05, 3.63) is 0 Å². The summed E-state index contributed by atoms with van der Waals surface area (Å²) in [5.41, 5.74) is 0.172. The molecule has 1 heterocycles. The second-order valence-electron chi connectivity index (χ2n) is 8.59. The lowest BCUT2D eigenvalue weighted by Gasteiger charge is -2.16. The molecule has 1 aliphatic rings. The number of Topliss-reactive ketones (excluding diaryl/α,β-unsaturated/α-hetero) is 1. The number of hydroxylamine groups is 2. The molecule has 1 aliphatic heterocycles. The molecule has 1 rings (SSSR count). The van der Waals surface area contributed by atoms with Crippen LogP contribution in [-0.4, -0.2) is 81.5 Å². The summed E-state index contributed by atoms with van der Waals surface area (Å²) in [4.78, 5) is 50.7. The molecule has 32 heavy (non-hydrogen) atoms. The van der Waals surface area contributed by atoms with Gasteiger partial charge >= 0.3 is 5.97 Å². The van der Waals surface area contributed by atoms with Gasteiger partial charge in [0, 0.05) is 25.7 Å². The number of nitrogens with zero attached hydrogens (tertiary/aromatic N) is 1. The molecule has 0 saturated carbocycles. The Labute approximate surface area is 189 Å². The summed E-state index contributed by atoms with van der Waals surface area (Å²) >= 11 is 0. The molecule has 0 aromatic carbocycles. The van der Waals surface area contributed by atoms with E-state index < -0.39 is 17.8 Å². The minimum atomic E-state index is -0.695. The van der Waals surface area contributed by atoms with Crippen molar-refractivity contribution in [3.8, 4) is 0 Å². The van der Waals surface area contributed by atoms with E-state index >= 15 is 0 Å². The Bertz CT molecular complexity index is 585. The monoisotopic (exact) mass is 459 g/mol. The Hall–Kier alpha value is -1.88. The van der Waals surface area contributed by atoms with E-state index in [-0.39, 0.29) is 37.1 Å². The smallest absolute Gasteiger partial charge is 0.335 e. The molecule has 0 bridgehead atoms. The van der Waals surface area contributed by atoms with Gasteiger partial charge in [0.25, 0.3) is 11.8 Å². The first kappa shape index (κ1) is 28.2. The second kappa shape index (κ2) is 15.8. The fraction of sp³-hybridized carbons (Fsp3) is 0.818. The van der Waals surface area contributed by atoms with Crippen LogP contribution in [0.3, 0.4) is 0 Å². The number of rotatable bonds is 18. The quantitative estimate of drug-likeness (QED) is 0.223. The predicted octanol–water partition coefficient (Wildman–Crippen LogP) is 1.84. The van der Waals surface area contributed by atoms with Crippen LogP contribution in [0.2, 0.25) is 0 Å². The zero-order chi connectivity index (χ0) is 23.8. The van der Waals surface area contributed by atoms with Crippen molar-refractivity contribution in [1.29, 1.82) is 0 Å². The van der Waals surface area contributed by atoms with E-state index in [0.717, 1.165) is 6.42 Å². The lowest BCUT2D eigenvalue weighted by atomic mass is 9.89. The molecule has 0 radical (unpaired) electrons. The zero-order valence-corrected chi connectivity index (χ0v) is 19.5. The van der Waals surface area contributed by atoms with Crippen molar-refractivity contribution < 1.29 is 43.0 Å². The maximum Gasteiger partial charge on any atom is 0.335 e. The Balaban J connectivity index is 1.82. The first-order valence-corrected chi connectivity index (χ1v) is 11.1. The highest BCUT2D eigenvalue weighted by molar-refractivity contribution is 6.01. The minimum absolute atomic E-state index is 0.0650. The topological polar surface area (TPSA) is 118 Å². The number of ketones is 1. The average molecular weight is 460 g/mol. The molecule has 2 amide bonds. The predicted molar refractivity (Wildman–Crippen MR) is 113 cm³/mol. The maximum atomic E-state index is 11.7. The van der Waals surface area contributed by atoms with Crippen molar-refractivity contribution in [2.24, 2.45) is 5.41 Å². The molecule has 0 atom stereocenters. The second-order valence-corrected chi connectivity index (χ2v) is 8.59. The van der Waals surface area contributed by atoms with Gasteiger partial charge in [0.1, 0.15) is 5.78 Å².